The molecule has 4 rings (SSSR count). The van der Waals surface area contributed by atoms with Crippen LogP contribution in [-0.4, -0.2) is 24.6 Å². The van der Waals surface area contributed by atoms with Crippen molar-refractivity contribution < 1.29 is 0 Å². The van der Waals surface area contributed by atoms with Crippen LogP contribution in [0.4, 0.5) is 0 Å². The Hall–Kier alpha value is -1.91. The Bertz CT molecular complexity index is 661. The number of H-pyrrole nitrogens is 1. The maximum absolute atomic E-state index is 4.30. The molecule has 0 bridgehead atoms. The fraction of sp³-hybridized carbons (Fsp3) is 0.364. The van der Waals surface area contributed by atoms with Gasteiger partial charge < -0.3 is 4.98 Å². The molecular weight excluding hydrogens is 202 g/mol. The third-order valence-corrected chi connectivity index (χ3v) is 3.18. The van der Waals surface area contributed by atoms with Gasteiger partial charge in [-0.2, -0.15) is 0 Å². The summed E-state index contributed by atoms with van der Waals surface area (Å²) in [6, 6.07) is 2.02. The van der Waals surface area contributed by atoms with Crippen molar-refractivity contribution in [2.75, 3.05) is 0 Å². The Morgan fingerprint density at radius 1 is 1.38 bits per heavy atom. The smallest absolute Gasteiger partial charge is 0.179 e. The van der Waals surface area contributed by atoms with Crippen molar-refractivity contribution in [1.82, 2.24) is 24.6 Å². The molecule has 3 heterocycles. The van der Waals surface area contributed by atoms with E-state index in [-0.39, 0.29) is 0 Å². The van der Waals surface area contributed by atoms with Crippen LogP contribution >= 0.6 is 0 Å². The maximum atomic E-state index is 4.30. The van der Waals surface area contributed by atoms with Gasteiger partial charge in [-0.3, -0.25) is 4.40 Å². The lowest BCUT2D eigenvalue weighted by atomic mass is 10.3. The normalized spacial score (nSPS) is 16.2. The quantitative estimate of drug-likeness (QED) is 0.702. The molecule has 0 atom stereocenters. The summed E-state index contributed by atoms with van der Waals surface area (Å²) >= 11 is 0. The van der Waals surface area contributed by atoms with Gasteiger partial charge in [-0.15, -0.1) is 10.2 Å². The molecule has 1 fully saturated rings. The Kier molecular flexibility index (Phi) is 1.45. The minimum absolute atomic E-state index is 0.814. The molecule has 16 heavy (non-hydrogen) atoms. The van der Waals surface area contributed by atoms with E-state index in [4.69, 9.17) is 0 Å². The lowest BCUT2D eigenvalue weighted by Gasteiger charge is -1.99. The number of rotatable bonds is 2. The first-order valence-electron chi connectivity index (χ1n) is 5.58. The standard InChI is InChI=1S/C11H11N5/c1-2-7(1)5-9-14-15-10-6-13-11-8(16(9)10)3-4-12-11/h3-4,6-7,12H,1-2,5H2. The van der Waals surface area contributed by atoms with Crippen molar-refractivity contribution in [3.63, 3.8) is 0 Å². The fourth-order valence-electron chi connectivity index (χ4n) is 2.15. The molecule has 3 aromatic heterocycles. The average Bonchev–Trinajstić information content (AvgIpc) is 2.83. The number of hydrogen-bond acceptors (Lipinski definition) is 3. The van der Waals surface area contributed by atoms with Gasteiger partial charge in [0.25, 0.3) is 0 Å². The van der Waals surface area contributed by atoms with E-state index in [1.54, 1.807) is 6.20 Å². The summed E-state index contributed by atoms with van der Waals surface area (Å²) < 4.78 is 2.11. The zero-order valence-corrected chi connectivity index (χ0v) is 8.72. The van der Waals surface area contributed by atoms with E-state index in [1.165, 1.54) is 12.8 Å². The van der Waals surface area contributed by atoms with Crippen LogP contribution in [0, 0.1) is 5.92 Å². The number of nitrogens with zero attached hydrogens (tertiary/aromatic N) is 4. The van der Waals surface area contributed by atoms with Gasteiger partial charge in [0.05, 0.1) is 11.7 Å². The van der Waals surface area contributed by atoms with E-state index in [1.807, 2.05) is 12.3 Å². The second kappa shape index (κ2) is 2.81. The van der Waals surface area contributed by atoms with Gasteiger partial charge in [0.1, 0.15) is 5.82 Å². The zero-order valence-electron chi connectivity index (χ0n) is 8.72. The summed E-state index contributed by atoms with van der Waals surface area (Å²) in [4.78, 5) is 7.41. The van der Waals surface area contributed by atoms with E-state index in [2.05, 4.69) is 24.6 Å². The van der Waals surface area contributed by atoms with Crippen molar-refractivity contribution in [3.8, 4) is 0 Å². The number of aromatic amines is 1. The number of aromatic nitrogens is 5. The Balaban J connectivity index is 2.03. The van der Waals surface area contributed by atoms with Gasteiger partial charge in [-0.25, -0.2) is 4.98 Å². The predicted octanol–water partition coefficient (Wildman–Crippen LogP) is 1.56. The monoisotopic (exact) mass is 213 g/mol. The summed E-state index contributed by atoms with van der Waals surface area (Å²) in [5, 5.41) is 8.43. The van der Waals surface area contributed by atoms with Crippen molar-refractivity contribution >= 4 is 16.8 Å². The van der Waals surface area contributed by atoms with Crippen LogP contribution in [0.5, 0.6) is 0 Å². The van der Waals surface area contributed by atoms with E-state index in [9.17, 15) is 0 Å². The molecule has 0 aliphatic heterocycles. The van der Waals surface area contributed by atoms with Gasteiger partial charge in [-0.1, -0.05) is 0 Å². The molecule has 1 aliphatic rings. The second-order valence-electron chi connectivity index (χ2n) is 4.43. The largest absolute Gasteiger partial charge is 0.345 e. The topological polar surface area (TPSA) is 58.9 Å². The minimum atomic E-state index is 0.814. The van der Waals surface area contributed by atoms with Crippen LogP contribution in [0.1, 0.15) is 18.7 Å². The third-order valence-electron chi connectivity index (χ3n) is 3.18. The van der Waals surface area contributed by atoms with Crippen molar-refractivity contribution in [2.24, 2.45) is 5.92 Å². The Labute approximate surface area is 91.5 Å². The van der Waals surface area contributed by atoms with Crippen LogP contribution in [0.2, 0.25) is 0 Å². The molecule has 3 aromatic rings. The molecule has 80 valence electrons. The minimum Gasteiger partial charge on any atom is -0.345 e. The van der Waals surface area contributed by atoms with Crippen molar-refractivity contribution in [2.45, 2.75) is 19.3 Å². The zero-order chi connectivity index (χ0) is 10.5. The summed E-state index contributed by atoms with van der Waals surface area (Å²) in [6.07, 6.45) is 7.36. The summed E-state index contributed by atoms with van der Waals surface area (Å²) in [7, 11) is 0. The molecule has 0 amide bonds. The number of nitrogens with one attached hydrogen (secondary N) is 1. The summed E-state index contributed by atoms with van der Waals surface area (Å²) in [5.74, 6) is 1.87. The summed E-state index contributed by atoms with van der Waals surface area (Å²) in [5.41, 5.74) is 2.80. The third kappa shape index (κ3) is 1.08. The van der Waals surface area contributed by atoms with Crippen LogP contribution in [-0.2, 0) is 6.42 Å². The SMILES string of the molecule is c1cc2c(ncc3nnc(CC4CC4)n32)[nH]1. The average molecular weight is 213 g/mol. The van der Waals surface area contributed by atoms with Gasteiger partial charge in [0, 0.05) is 12.6 Å². The lowest BCUT2D eigenvalue weighted by Crippen LogP contribution is -1.97. The van der Waals surface area contributed by atoms with E-state index < -0.39 is 0 Å². The highest BCUT2D eigenvalue weighted by Crippen LogP contribution is 2.32. The highest BCUT2D eigenvalue weighted by molar-refractivity contribution is 5.74. The summed E-state index contributed by atoms with van der Waals surface area (Å²) in [6.45, 7) is 0. The van der Waals surface area contributed by atoms with Gasteiger partial charge in [0.2, 0.25) is 0 Å². The maximum Gasteiger partial charge on any atom is 0.179 e. The molecule has 0 saturated heterocycles. The molecule has 1 N–H and O–H groups in total. The highest BCUT2D eigenvalue weighted by atomic mass is 15.3. The lowest BCUT2D eigenvalue weighted by molar-refractivity contribution is 0.763. The second-order valence-corrected chi connectivity index (χ2v) is 4.43. The van der Waals surface area contributed by atoms with Crippen LogP contribution in [0.15, 0.2) is 18.5 Å². The predicted molar refractivity (Wildman–Crippen MR) is 59.1 cm³/mol. The molecule has 0 unspecified atom stereocenters. The molecule has 0 aromatic carbocycles. The van der Waals surface area contributed by atoms with Crippen LogP contribution < -0.4 is 0 Å². The van der Waals surface area contributed by atoms with E-state index in [0.717, 1.165) is 35.0 Å². The molecule has 0 radical (unpaired) electrons. The molecular formula is C11H11N5. The molecule has 0 spiro atoms. The fourth-order valence-corrected chi connectivity index (χ4v) is 2.15. The highest BCUT2D eigenvalue weighted by Gasteiger charge is 2.24. The first kappa shape index (κ1) is 8.27. The number of fused-ring (bicyclic) bond motifs is 3. The van der Waals surface area contributed by atoms with Gasteiger partial charge >= 0.3 is 0 Å². The first-order valence-corrected chi connectivity index (χ1v) is 5.58. The van der Waals surface area contributed by atoms with Crippen LogP contribution in [0.25, 0.3) is 16.8 Å². The van der Waals surface area contributed by atoms with E-state index >= 15 is 0 Å². The first-order chi connectivity index (χ1) is 7.92. The van der Waals surface area contributed by atoms with Crippen molar-refractivity contribution in [1.29, 1.82) is 0 Å². The Morgan fingerprint density at radius 3 is 3.19 bits per heavy atom. The van der Waals surface area contributed by atoms with Crippen LogP contribution in [0.3, 0.4) is 0 Å². The molecule has 1 aliphatic carbocycles. The molecule has 5 nitrogen and oxygen atoms in total. The van der Waals surface area contributed by atoms with Gasteiger partial charge in [-0.05, 0) is 24.8 Å². The van der Waals surface area contributed by atoms with E-state index in [0.29, 0.717) is 0 Å². The van der Waals surface area contributed by atoms with Crippen molar-refractivity contribution in [3.05, 3.63) is 24.3 Å². The molecule has 1 saturated carbocycles. The van der Waals surface area contributed by atoms with Gasteiger partial charge in [0.15, 0.2) is 11.3 Å². The number of hydrogen-bond donors (Lipinski definition) is 1. The molecule has 5 heteroatoms. The Morgan fingerprint density at radius 2 is 2.31 bits per heavy atom.